The molecule has 1 aromatic heterocycles. The lowest BCUT2D eigenvalue weighted by Gasteiger charge is -2.13. The molecule has 1 N–H and O–H groups in total. The first-order valence-electron chi connectivity index (χ1n) is 7.41. The van der Waals surface area contributed by atoms with E-state index >= 15 is 0 Å². The molecule has 2 rings (SSSR count). The van der Waals surface area contributed by atoms with Crippen molar-refractivity contribution >= 4 is 5.82 Å². The van der Waals surface area contributed by atoms with E-state index in [4.69, 9.17) is 0 Å². The van der Waals surface area contributed by atoms with Crippen LogP contribution in [-0.4, -0.2) is 16.5 Å². The Bertz CT molecular complexity index is 623. The van der Waals surface area contributed by atoms with E-state index in [-0.39, 0.29) is 11.7 Å². The standard InChI is InChI=1S/C17H22FN3/c1-5-9-19-16-10-15(20-17(21-16)11(2)3)13-7-6-8-14(18)12(13)4/h6-8,10-11H,5,9H2,1-4H3,(H,19,20,21). The number of hydrogen-bond acceptors (Lipinski definition) is 3. The van der Waals surface area contributed by atoms with Crippen LogP contribution in [0.2, 0.25) is 0 Å². The summed E-state index contributed by atoms with van der Waals surface area (Å²) in [5.74, 6) is 1.59. The zero-order chi connectivity index (χ0) is 15.4. The quantitative estimate of drug-likeness (QED) is 0.877. The monoisotopic (exact) mass is 287 g/mol. The van der Waals surface area contributed by atoms with E-state index in [1.165, 1.54) is 6.07 Å². The van der Waals surface area contributed by atoms with Gasteiger partial charge in [-0.3, -0.25) is 0 Å². The number of nitrogens with zero attached hydrogens (tertiary/aromatic N) is 2. The largest absolute Gasteiger partial charge is 0.370 e. The van der Waals surface area contributed by atoms with Gasteiger partial charge < -0.3 is 5.32 Å². The van der Waals surface area contributed by atoms with Crippen LogP contribution >= 0.6 is 0 Å². The lowest BCUT2D eigenvalue weighted by Crippen LogP contribution is -2.07. The molecule has 4 heteroatoms. The highest BCUT2D eigenvalue weighted by Gasteiger charge is 2.12. The Morgan fingerprint density at radius 2 is 2.00 bits per heavy atom. The predicted molar refractivity (Wildman–Crippen MR) is 85.0 cm³/mol. The summed E-state index contributed by atoms with van der Waals surface area (Å²) < 4.78 is 13.8. The molecule has 112 valence electrons. The van der Waals surface area contributed by atoms with Crippen molar-refractivity contribution < 1.29 is 4.39 Å². The summed E-state index contributed by atoms with van der Waals surface area (Å²) in [6.45, 7) is 8.86. The molecule has 0 aliphatic heterocycles. The number of rotatable bonds is 5. The van der Waals surface area contributed by atoms with Crippen LogP contribution < -0.4 is 5.32 Å². The van der Waals surface area contributed by atoms with Gasteiger partial charge in [0.05, 0.1) is 5.69 Å². The summed E-state index contributed by atoms with van der Waals surface area (Å²) in [6.07, 6.45) is 1.02. The summed E-state index contributed by atoms with van der Waals surface area (Å²) in [7, 11) is 0. The average Bonchev–Trinajstić information content (AvgIpc) is 2.47. The molecule has 0 saturated heterocycles. The first-order valence-corrected chi connectivity index (χ1v) is 7.41. The summed E-state index contributed by atoms with van der Waals surface area (Å²) in [5.41, 5.74) is 2.20. The molecule has 0 fully saturated rings. The normalized spacial score (nSPS) is 11.0. The minimum Gasteiger partial charge on any atom is -0.370 e. The smallest absolute Gasteiger partial charge is 0.133 e. The van der Waals surface area contributed by atoms with Gasteiger partial charge >= 0.3 is 0 Å². The van der Waals surface area contributed by atoms with Crippen LogP contribution in [0.25, 0.3) is 11.3 Å². The maximum Gasteiger partial charge on any atom is 0.133 e. The molecule has 3 nitrogen and oxygen atoms in total. The highest BCUT2D eigenvalue weighted by Crippen LogP contribution is 2.26. The maximum absolute atomic E-state index is 13.8. The molecule has 0 aliphatic rings. The van der Waals surface area contributed by atoms with Crippen molar-refractivity contribution in [3.63, 3.8) is 0 Å². The highest BCUT2D eigenvalue weighted by atomic mass is 19.1. The van der Waals surface area contributed by atoms with E-state index in [1.807, 2.05) is 12.1 Å². The second-order valence-corrected chi connectivity index (χ2v) is 5.49. The molecule has 0 unspecified atom stereocenters. The SMILES string of the molecule is CCCNc1cc(-c2cccc(F)c2C)nc(C(C)C)n1. The molecule has 0 saturated carbocycles. The van der Waals surface area contributed by atoms with E-state index in [0.717, 1.165) is 35.9 Å². The molecule has 0 spiro atoms. The lowest BCUT2D eigenvalue weighted by atomic mass is 10.0. The Kier molecular flexibility index (Phi) is 4.89. The third-order valence-corrected chi connectivity index (χ3v) is 3.36. The van der Waals surface area contributed by atoms with Crippen molar-refractivity contribution in [3.05, 3.63) is 41.5 Å². The van der Waals surface area contributed by atoms with Gasteiger partial charge in [0, 0.05) is 24.1 Å². The number of anilines is 1. The molecular weight excluding hydrogens is 265 g/mol. The summed E-state index contributed by atoms with van der Waals surface area (Å²) in [6, 6.07) is 6.98. The molecular formula is C17H22FN3. The third-order valence-electron chi connectivity index (χ3n) is 3.36. The van der Waals surface area contributed by atoms with E-state index < -0.39 is 0 Å². The van der Waals surface area contributed by atoms with Crippen LogP contribution in [0, 0.1) is 12.7 Å². The van der Waals surface area contributed by atoms with E-state index in [1.54, 1.807) is 13.0 Å². The van der Waals surface area contributed by atoms with Gasteiger partial charge in [-0.15, -0.1) is 0 Å². The number of halogens is 1. The van der Waals surface area contributed by atoms with Crippen LogP contribution in [0.1, 0.15) is 44.5 Å². The molecule has 0 amide bonds. The van der Waals surface area contributed by atoms with Crippen LogP contribution in [0.3, 0.4) is 0 Å². The minimum absolute atomic E-state index is 0.208. The van der Waals surface area contributed by atoms with E-state index in [0.29, 0.717) is 5.56 Å². The van der Waals surface area contributed by atoms with Crippen molar-refractivity contribution in [1.82, 2.24) is 9.97 Å². The molecule has 1 heterocycles. The number of nitrogens with one attached hydrogen (secondary N) is 1. The number of hydrogen-bond donors (Lipinski definition) is 1. The maximum atomic E-state index is 13.8. The van der Waals surface area contributed by atoms with E-state index in [9.17, 15) is 4.39 Å². The van der Waals surface area contributed by atoms with Crippen molar-refractivity contribution in [2.75, 3.05) is 11.9 Å². The third kappa shape index (κ3) is 3.57. The van der Waals surface area contributed by atoms with E-state index in [2.05, 4.69) is 36.1 Å². The molecule has 2 aromatic rings. The van der Waals surface area contributed by atoms with Crippen LogP contribution in [0.15, 0.2) is 24.3 Å². The molecule has 0 radical (unpaired) electrons. The zero-order valence-electron chi connectivity index (χ0n) is 13.1. The van der Waals surface area contributed by atoms with Crippen molar-refractivity contribution in [1.29, 1.82) is 0 Å². The fraction of sp³-hybridized carbons (Fsp3) is 0.412. The number of aromatic nitrogens is 2. The Morgan fingerprint density at radius 1 is 1.24 bits per heavy atom. The van der Waals surface area contributed by atoms with Crippen LogP contribution in [0.5, 0.6) is 0 Å². The molecule has 0 bridgehead atoms. The Morgan fingerprint density at radius 3 is 2.67 bits per heavy atom. The minimum atomic E-state index is -0.208. The lowest BCUT2D eigenvalue weighted by molar-refractivity contribution is 0.619. The highest BCUT2D eigenvalue weighted by molar-refractivity contribution is 5.66. The van der Waals surface area contributed by atoms with Gasteiger partial charge in [0.15, 0.2) is 0 Å². The predicted octanol–water partition coefficient (Wildman–Crippen LogP) is 4.54. The van der Waals surface area contributed by atoms with Crippen molar-refractivity contribution in [2.24, 2.45) is 0 Å². The zero-order valence-corrected chi connectivity index (χ0v) is 13.1. The summed E-state index contributed by atoms with van der Waals surface area (Å²) in [5, 5.41) is 3.29. The van der Waals surface area contributed by atoms with Gasteiger partial charge in [0.2, 0.25) is 0 Å². The fourth-order valence-electron chi connectivity index (χ4n) is 2.09. The summed E-state index contributed by atoms with van der Waals surface area (Å²) >= 11 is 0. The first-order chi connectivity index (χ1) is 10.0. The van der Waals surface area contributed by atoms with Crippen LogP contribution in [0.4, 0.5) is 10.2 Å². The Labute approximate surface area is 125 Å². The van der Waals surface area contributed by atoms with Crippen molar-refractivity contribution in [2.45, 2.75) is 40.0 Å². The van der Waals surface area contributed by atoms with Crippen molar-refractivity contribution in [3.8, 4) is 11.3 Å². The Balaban J connectivity index is 2.51. The van der Waals surface area contributed by atoms with Crippen LogP contribution in [-0.2, 0) is 0 Å². The van der Waals surface area contributed by atoms with Gasteiger partial charge in [-0.05, 0) is 25.0 Å². The fourth-order valence-corrected chi connectivity index (χ4v) is 2.09. The van der Waals surface area contributed by atoms with Gasteiger partial charge in [0.1, 0.15) is 17.5 Å². The first kappa shape index (κ1) is 15.4. The molecule has 0 aliphatic carbocycles. The number of benzene rings is 1. The second kappa shape index (κ2) is 6.66. The van der Waals surface area contributed by atoms with Gasteiger partial charge in [-0.2, -0.15) is 0 Å². The molecule has 1 aromatic carbocycles. The molecule has 0 atom stereocenters. The van der Waals surface area contributed by atoms with Gasteiger partial charge in [-0.1, -0.05) is 32.9 Å². The topological polar surface area (TPSA) is 37.8 Å². The Hall–Kier alpha value is -1.97. The molecule has 21 heavy (non-hydrogen) atoms. The second-order valence-electron chi connectivity index (χ2n) is 5.49. The van der Waals surface area contributed by atoms with Gasteiger partial charge in [0.25, 0.3) is 0 Å². The summed E-state index contributed by atoms with van der Waals surface area (Å²) in [4.78, 5) is 9.13. The average molecular weight is 287 g/mol. The van der Waals surface area contributed by atoms with Gasteiger partial charge in [-0.25, -0.2) is 14.4 Å².